The summed E-state index contributed by atoms with van der Waals surface area (Å²) in [4.78, 5) is 33.8. The Kier molecular flexibility index (Phi) is 37.1. The van der Waals surface area contributed by atoms with Gasteiger partial charge in [0.25, 0.3) is 0 Å². The molecule has 0 aliphatic carbocycles. The van der Waals surface area contributed by atoms with Gasteiger partial charge in [-0.15, -0.1) is 0 Å². The van der Waals surface area contributed by atoms with Gasteiger partial charge < -0.3 is 20.1 Å². The minimum absolute atomic E-state index is 0.0779. The molecule has 0 rings (SSSR count). The van der Waals surface area contributed by atoms with Crippen molar-refractivity contribution in [1.82, 2.24) is 5.32 Å². The number of carbonyl (C=O) groups is 2. The maximum absolute atomic E-state index is 12.1. The summed E-state index contributed by atoms with van der Waals surface area (Å²) in [5, 5.41) is 12.7. The summed E-state index contributed by atoms with van der Waals surface area (Å²) in [7, 11) is -4.41. The first-order valence-electron chi connectivity index (χ1n) is 20.8. The van der Waals surface area contributed by atoms with Crippen LogP contribution in [0.15, 0.2) is 24.3 Å². The number of phosphoric acid groups is 1. The molecule has 0 aromatic heterocycles. The normalized spacial score (nSPS) is 13.6. The van der Waals surface area contributed by atoms with Crippen LogP contribution in [0.3, 0.4) is 0 Å². The molecule has 3 N–H and O–H groups in total. The lowest BCUT2D eigenvalue weighted by atomic mass is 10.1. The van der Waals surface area contributed by atoms with Gasteiger partial charge in [0.05, 0.1) is 13.2 Å². The smallest absolute Gasteiger partial charge is 0.463 e. The first kappa shape index (κ1) is 49.5. The van der Waals surface area contributed by atoms with Crippen LogP contribution in [0.1, 0.15) is 194 Å². The summed E-state index contributed by atoms with van der Waals surface area (Å²) in [5.41, 5.74) is 0. The van der Waals surface area contributed by atoms with Crippen molar-refractivity contribution in [2.75, 3.05) is 26.4 Å². The number of rotatable bonds is 39. The predicted octanol–water partition coefficient (Wildman–Crippen LogP) is 11.2. The highest BCUT2D eigenvalue weighted by molar-refractivity contribution is 7.47. The molecule has 300 valence electrons. The van der Waals surface area contributed by atoms with Crippen LogP contribution in [-0.2, 0) is 27.9 Å². The Morgan fingerprint density at radius 2 is 1.00 bits per heavy atom. The van der Waals surface area contributed by atoms with Crippen LogP contribution in [-0.4, -0.2) is 54.3 Å². The maximum atomic E-state index is 12.1. The van der Waals surface area contributed by atoms with Crippen molar-refractivity contribution in [3.05, 3.63) is 24.3 Å². The number of aliphatic hydroxyl groups is 1. The highest BCUT2D eigenvalue weighted by Crippen LogP contribution is 2.42. The van der Waals surface area contributed by atoms with Gasteiger partial charge in [-0.2, -0.15) is 0 Å². The summed E-state index contributed by atoms with van der Waals surface area (Å²) < 4.78 is 26.8. The van der Waals surface area contributed by atoms with Crippen LogP contribution < -0.4 is 5.32 Å². The Morgan fingerprint density at radius 1 is 0.588 bits per heavy atom. The van der Waals surface area contributed by atoms with E-state index >= 15 is 0 Å². The quantitative estimate of drug-likeness (QED) is 0.0245. The molecule has 0 aromatic carbocycles. The van der Waals surface area contributed by atoms with Crippen LogP contribution in [0.4, 0.5) is 0 Å². The number of ether oxygens (including phenoxy) is 1. The van der Waals surface area contributed by atoms with Crippen LogP contribution in [0.5, 0.6) is 0 Å². The third kappa shape index (κ3) is 39.5. The fourth-order valence-electron chi connectivity index (χ4n) is 5.66. The number of allylic oxidation sites excluding steroid dienone is 4. The second-order valence-corrected chi connectivity index (χ2v) is 15.4. The van der Waals surface area contributed by atoms with Crippen LogP contribution in [0.2, 0.25) is 0 Å². The average Bonchev–Trinajstić information content (AvgIpc) is 3.11. The number of nitrogens with one attached hydrogen (secondary N) is 1. The van der Waals surface area contributed by atoms with Crippen molar-refractivity contribution in [3.63, 3.8) is 0 Å². The predicted molar refractivity (Wildman–Crippen MR) is 211 cm³/mol. The van der Waals surface area contributed by atoms with E-state index in [1.54, 1.807) is 0 Å². The number of aliphatic hydroxyl groups excluding tert-OH is 1. The molecule has 0 heterocycles. The second kappa shape index (κ2) is 38.2. The van der Waals surface area contributed by atoms with E-state index in [1.165, 1.54) is 116 Å². The molecule has 0 radical (unpaired) electrons. The molecular formula is C41H78NO8P. The zero-order valence-corrected chi connectivity index (χ0v) is 33.7. The van der Waals surface area contributed by atoms with Gasteiger partial charge in [-0.3, -0.25) is 18.6 Å². The summed E-state index contributed by atoms with van der Waals surface area (Å²) >= 11 is 0. The van der Waals surface area contributed by atoms with E-state index in [-0.39, 0.29) is 32.1 Å². The van der Waals surface area contributed by atoms with E-state index in [0.717, 1.165) is 51.4 Å². The van der Waals surface area contributed by atoms with Crippen LogP contribution in [0.25, 0.3) is 0 Å². The van der Waals surface area contributed by atoms with E-state index in [9.17, 15) is 24.2 Å². The number of amides is 1. The molecule has 0 aliphatic heterocycles. The monoisotopic (exact) mass is 744 g/mol. The fourth-order valence-corrected chi connectivity index (χ4v) is 6.42. The van der Waals surface area contributed by atoms with Gasteiger partial charge in [0, 0.05) is 19.4 Å². The van der Waals surface area contributed by atoms with Crippen LogP contribution in [0, 0.1) is 0 Å². The third-order valence-corrected chi connectivity index (χ3v) is 9.84. The van der Waals surface area contributed by atoms with Gasteiger partial charge in [-0.1, -0.05) is 141 Å². The molecule has 9 nitrogen and oxygen atoms in total. The zero-order chi connectivity index (χ0) is 37.5. The van der Waals surface area contributed by atoms with Gasteiger partial charge >= 0.3 is 13.8 Å². The van der Waals surface area contributed by atoms with Crippen LogP contribution >= 0.6 is 7.82 Å². The number of hydrogen-bond donors (Lipinski definition) is 3. The lowest BCUT2D eigenvalue weighted by Crippen LogP contribution is -2.27. The lowest BCUT2D eigenvalue weighted by Gasteiger charge is -2.15. The number of hydrogen-bond acceptors (Lipinski definition) is 7. The maximum Gasteiger partial charge on any atom is 0.472 e. The molecule has 2 atom stereocenters. The molecule has 51 heavy (non-hydrogen) atoms. The van der Waals surface area contributed by atoms with Gasteiger partial charge in [0.1, 0.15) is 12.7 Å². The first-order chi connectivity index (χ1) is 24.8. The largest absolute Gasteiger partial charge is 0.472 e. The summed E-state index contributed by atoms with van der Waals surface area (Å²) in [6.45, 7) is 3.52. The molecule has 0 saturated carbocycles. The number of phosphoric ester groups is 1. The molecular weight excluding hydrogens is 665 g/mol. The summed E-state index contributed by atoms with van der Waals surface area (Å²) in [6.07, 6.45) is 39.6. The van der Waals surface area contributed by atoms with E-state index in [0.29, 0.717) is 6.42 Å². The number of carbonyl (C=O) groups excluding carboxylic acids is 2. The standard InChI is InChI=1S/C41H78NO8P/c1-3-5-7-9-11-13-15-17-18-19-20-21-22-24-26-28-30-32-34-41(45)48-37-39(43)38-50-51(46,47)49-36-35-42-40(44)33-31-29-27-25-23-16-14-12-10-8-6-4-2/h12,14,18-19,39,43H,3-11,13,15-17,20-38H2,1-2H3,(H,42,44)(H,46,47)/b14-12-,19-18-. The van der Waals surface area contributed by atoms with Crippen molar-refractivity contribution in [3.8, 4) is 0 Å². The van der Waals surface area contributed by atoms with Crippen molar-refractivity contribution >= 4 is 19.7 Å². The summed E-state index contributed by atoms with van der Waals surface area (Å²) in [6, 6.07) is 0. The zero-order valence-electron chi connectivity index (χ0n) is 32.8. The molecule has 2 unspecified atom stereocenters. The molecule has 10 heteroatoms. The van der Waals surface area contributed by atoms with E-state index in [1.807, 2.05) is 0 Å². The third-order valence-electron chi connectivity index (χ3n) is 8.85. The van der Waals surface area contributed by atoms with E-state index in [4.69, 9.17) is 13.8 Å². The molecule has 0 fully saturated rings. The Morgan fingerprint density at radius 3 is 1.51 bits per heavy atom. The van der Waals surface area contributed by atoms with Gasteiger partial charge in [0.2, 0.25) is 5.91 Å². The van der Waals surface area contributed by atoms with Crippen molar-refractivity contribution in [1.29, 1.82) is 0 Å². The minimum Gasteiger partial charge on any atom is -0.463 e. The van der Waals surface area contributed by atoms with Gasteiger partial charge in [-0.25, -0.2) is 4.57 Å². The van der Waals surface area contributed by atoms with Crippen molar-refractivity contribution in [2.24, 2.45) is 0 Å². The topological polar surface area (TPSA) is 131 Å². The fraction of sp³-hybridized carbons (Fsp3) is 0.854. The Bertz CT molecular complexity index is 897. The first-order valence-corrected chi connectivity index (χ1v) is 22.3. The van der Waals surface area contributed by atoms with E-state index in [2.05, 4.69) is 43.5 Å². The SMILES string of the molecule is CCCCC/C=C\CCCCCCCC(=O)NCCOP(=O)(O)OCC(O)COC(=O)CCCCCCCCC/C=C\CCCCCCCCC. The highest BCUT2D eigenvalue weighted by Gasteiger charge is 2.23. The molecule has 0 aliphatic rings. The summed E-state index contributed by atoms with van der Waals surface area (Å²) in [5.74, 6) is -0.528. The Hall–Kier alpha value is -1.51. The molecule has 1 amide bonds. The van der Waals surface area contributed by atoms with Gasteiger partial charge in [-0.05, 0) is 64.2 Å². The van der Waals surface area contributed by atoms with E-state index < -0.39 is 26.5 Å². The molecule has 0 spiro atoms. The lowest BCUT2D eigenvalue weighted by molar-refractivity contribution is -0.147. The minimum atomic E-state index is -4.41. The second-order valence-electron chi connectivity index (χ2n) is 14.0. The highest BCUT2D eigenvalue weighted by atomic mass is 31.2. The average molecular weight is 744 g/mol. The molecule has 0 bridgehead atoms. The van der Waals surface area contributed by atoms with Crippen molar-refractivity contribution < 1.29 is 37.9 Å². The molecule has 0 saturated heterocycles. The van der Waals surface area contributed by atoms with Gasteiger partial charge in [0.15, 0.2) is 0 Å². The van der Waals surface area contributed by atoms with Crippen molar-refractivity contribution in [2.45, 2.75) is 200 Å². The molecule has 0 aromatic rings. The number of esters is 1. The Labute approximate surface area is 312 Å². The Balaban J connectivity index is 3.60. The number of unbranched alkanes of at least 4 members (excludes halogenated alkanes) is 22.